The Kier molecular flexibility index (Phi) is 10.4. The molecule has 0 bridgehead atoms. The normalized spacial score (nSPS) is 21.9. The second kappa shape index (κ2) is 13.4. The van der Waals surface area contributed by atoms with Crippen LogP contribution >= 0.6 is 23.2 Å². The van der Waals surface area contributed by atoms with Crippen LogP contribution in [0.3, 0.4) is 0 Å². The van der Waals surface area contributed by atoms with Crippen LogP contribution < -0.4 is 5.32 Å². The third-order valence-electron chi connectivity index (χ3n) is 9.23. The van der Waals surface area contributed by atoms with Crippen molar-refractivity contribution in [3.8, 4) is 0 Å². The lowest BCUT2D eigenvalue weighted by atomic mass is 9.69. The highest BCUT2D eigenvalue weighted by molar-refractivity contribution is 6.47. The first-order valence-corrected chi connectivity index (χ1v) is 16.7. The van der Waals surface area contributed by atoms with Gasteiger partial charge in [-0.15, -0.1) is 0 Å². The highest BCUT2D eigenvalue weighted by Gasteiger charge is 2.52. The number of carbonyl (C=O) groups excluding carboxylic acids is 2. The first-order chi connectivity index (χ1) is 20.9. The number of benzene rings is 2. The summed E-state index contributed by atoms with van der Waals surface area (Å²) >= 11 is 12.8. The van der Waals surface area contributed by atoms with Crippen molar-refractivity contribution in [3.05, 3.63) is 69.2 Å². The predicted molar refractivity (Wildman–Crippen MR) is 181 cm³/mol. The molecule has 1 spiro atoms. The van der Waals surface area contributed by atoms with Crippen molar-refractivity contribution in [2.45, 2.75) is 111 Å². The molecule has 1 saturated carbocycles. The lowest BCUT2D eigenvalue weighted by Crippen LogP contribution is -2.51. The van der Waals surface area contributed by atoms with E-state index in [0.717, 1.165) is 44.1 Å². The number of nitrogens with zero attached hydrogens (tertiary/aromatic N) is 2. The summed E-state index contributed by atoms with van der Waals surface area (Å²) in [5.74, 6) is -0.915. The lowest BCUT2D eigenvalue weighted by molar-refractivity contribution is -0.137. The van der Waals surface area contributed by atoms with Crippen LogP contribution in [-0.4, -0.2) is 45.2 Å². The van der Waals surface area contributed by atoms with E-state index in [-0.39, 0.29) is 35.1 Å². The number of carboxylic acid groups (broad SMARTS) is 1. The number of rotatable bonds is 9. The van der Waals surface area contributed by atoms with Gasteiger partial charge in [0.1, 0.15) is 11.4 Å². The summed E-state index contributed by atoms with van der Waals surface area (Å²) in [6.07, 6.45) is 4.86. The van der Waals surface area contributed by atoms with Gasteiger partial charge in [0.15, 0.2) is 0 Å². The fourth-order valence-electron chi connectivity index (χ4n) is 6.71. The molecule has 2 atom stereocenters. The average Bonchev–Trinajstić information content (AvgIpc) is 3.18. The number of carbonyl (C=O) groups is 3. The predicted octanol–water partition coefficient (Wildman–Crippen LogP) is 8.72. The van der Waals surface area contributed by atoms with Gasteiger partial charge >= 0.3 is 5.97 Å². The molecule has 1 fully saturated rings. The zero-order valence-electron chi connectivity index (χ0n) is 27.5. The minimum atomic E-state index is -0.970. The maximum absolute atomic E-state index is 14.6. The van der Waals surface area contributed by atoms with E-state index in [2.05, 4.69) is 46.9 Å². The molecule has 9 heteroatoms. The van der Waals surface area contributed by atoms with Gasteiger partial charge in [0.25, 0.3) is 11.8 Å². The van der Waals surface area contributed by atoms with Crippen LogP contribution in [0, 0.1) is 16.7 Å². The third kappa shape index (κ3) is 8.48. The second-order valence-corrected chi connectivity index (χ2v) is 16.0. The first-order valence-electron chi connectivity index (χ1n) is 15.9. The molecule has 7 nitrogen and oxygen atoms in total. The zero-order chi connectivity index (χ0) is 33.3. The molecule has 2 amide bonds. The van der Waals surface area contributed by atoms with Crippen molar-refractivity contribution >= 4 is 46.7 Å². The van der Waals surface area contributed by atoms with E-state index in [1.165, 1.54) is 0 Å². The summed E-state index contributed by atoms with van der Waals surface area (Å²) in [5.41, 5.74) is 1.86. The summed E-state index contributed by atoms with van der Waals surface area (Å²) in [7, 11) is 0. The van der Waals surface area contributed by atoms with E-state index in [9.17, 15) is 14.4 Å². The van der Waals surface area contributed by atoms with Gasteiger partial charge < -0.3 is 15.3 Å². The number of halogens is 2. The van der Waals surface area contributed by atoms with E-state index in [4.69, 9.17) is 33.3 Å². The average molecular weight is 657 g/mol. The summed E-state index contributed by atoms with van der Waals surface area (Å²) in [4.78, 5) is 45.8. The zero-order valence-corrected chi connectivity index (χ0v) is 29.1. The molecule has 4 rings (SSSR count). The minimum absolute atomic E-state index is 0.0301. The smallest absolute Gasteiger partial charge is 0.305 e. The van der Waals surface area contributed by atoms with Crippen LogP contribution in [-0.2, 0) is 9.59 Å². The molecule has 2 aromatic carbocycles. The lowest BCUT2D eigenvalue weighted by Gasteiger charge is -2.47. The standard InChI is InChI=1S/C36H47Cl2N3O4/c1-22(18-30(42)43)39-32(44)24-10-8-23(9-11-24)29(14-15-34(2,3)4)41-33(45)31(25-19-27(37)21-28(38)20-25)40-36(41)16-12-26(13-17-36)35(5,6)7/h8-11,19-22,26,29H,12-18H2,1-7H3,(H,39,44)(H,42,43)/t22-,26?,29?,36?/m1/s1. The second-order valence-electron chi connectivity index (χ2n) is 15.1. The van der Waals surface area contributed by atoms with Crippen LogP contribution in [0.4, 0.5) is 0 Å². The molecule has 1 unspecified atom stereocenters. The summed E-state index contributed by atoms with van der Waals surface area (Å²) < 4.78 is 0. The summed E-state index contributed by atoms with van der Waals surface area (Å²) in [6.45, 7) is 15.1. The van der Waals surface area contributed by atoms with Crippen molar-refractivity contribution in [1.29, 1.82) is 0 Å². The molecule has 45 heavy (non-hydrogen) atoms. The Morgan fingerprint density at radius 3 is 2.11 bits per heavy atom. The van der Waals surface area contributed by atoms with E-state index in [1.54, 1.807) is 37.3 Å². The van der Waals surface area contributed by atoms with Gasteiger partial charge in [0.05, 0.1) is 12.5 Å². The van der Waals surface area contributed by atoms with E-state index >= 15 is 0 Å². The fourth-order valence-corrected chi connectivity index (χ4v) is 7.24. The van der Waals surface area contributed by atoms with Gasteiger partial charge in [-0.25, -0.2) is 0 Å². The number of hydrogen-bond donors (Lipinski definition) is 2. The van der Waals surface area contributed by atoms with Gasteiger partial charge in [-0.05, 0) is 98.1 Å². The van der Waals surface area contributed by atoms with Crippen molar-refractivity contribution in [3.63, 3.8) is 0 Å². The molecule has 0 aromatic heterocycles. The molecule has 2 aliphatic rings. The number of aliphatic imine (C=N–C) groups is 1. The van der Waals surface area contributed by atoms with Crippen molar-refractivity contribution < 1.29 is 19.5 Å². The first kappa shape index (κ1) is 35.0. The Morgan fingerprint density at radius 1 is 1.02 bits per heavy atom. The molecule has 0 saturated heterocycles. The van der Waals surface area contributed by atoms with Crippen molar-refractivity contribution in [1.82, 2.24) is 10.2 Å². The third-order valence-corrected chi connectivity index (χ3v) is 9.67. The van der Waals surface area contributed by atoms with Gasteiger partial charge in [-0.3, -0.25) is 19.4 Å². The van der Waals surface area contributed by atoms with Crippen LogP contribution in [0.25, 0.3) is 0 Å². The Balaban J connectivity index is 1.75. The van der Waals surface area contributed by atoms with E-state index < -0.39 is 17.7 Å². The SMILES string of the molecule is C[C@H](CC(=O)O)NC(=O)c1ccc(C(CCC(C)(C)C)N2C(=O)C(c3cc(Cl)cc(Cl)c3)=NC23CCC(C(C)(C)C)CC3)cc1. The molecule has 2 N–H and O–H groups in total. The Morgan fingerprint density at radius 2 is 1.60 bits per heavy atom. The van der Waals surface area contributed by atoms with Crippen LogP contribution in [0.2, 0.25) is 10.0 Å². The van der Waals surface area contributed by atoms with Gasteiger partial charge in [-0.1, -0.05) is 76.9 Å². The molecular weight excluding hydrogens is 609 g/mol. The van der Waals surface area contributed by atoms with Crippen LogP contribution in [0.5, 0.6) is 0 Å². The number of carboxylic acids is 1. The van der Waals surface area contributed by atoms with Gasteiger partial charge in [0.2, 0.25) is 0 Å². The number of aliphatic carboxylic acids is 1. The summed E-state index contributed by atoms with van der Waals surface area (Å²) in [6, 6.07) is 11.7. The summed E-state index contributed by atoms with van der Waals surface area (Å²) in [5, 5.41) is 12.7. The van der Waals surface area contributed by atoms with E-state index in [0.29, 0.717) is 32.8 Å². The quantitative estimate of drug-likeness (QED) is 0.282. The number of hydrogen-bond acceptors (Lipinski definition) is 4. The van der Waals surface area contributed by atoms with Crippen molar-refractivity contribution in [2.24, 2.45) is 21.7 Å². The number of nitrogens with one attached hydrogen (secondary N) is 1. The molecule has 244 valence electrons. The van der Waals surface area contributed by atoms with Gasteiger partial charge in [-0.2, -0.15) is 0 Å². The molecule has 2 aromatic rings. The van der Waals surface area contributed by atoms with Crippen LogP contribution in [0.1, 0.15) is 121 Å². The molecular formula is C36H47Cl2N3O4. The highest BCUT2D eigenvalue weighted by Crippen LogP contribution is 2.50. The Bertz CT molecular complexity index is 1430. The molecule has 1 heterocycles. The Labute approximate surface area is 277 Å². The Hall–Kier alpha value is -2.90. The maximum atomic E-state index is 14.6. The monoisotopic (exact) mass is 655 g/mol. The van der Waals surface area contributed by atoms with Crippen molar-refractivity contribution in [2.75, 3.05) is 0 Å². The minimum Gasteiger partial charge on any atom is -0.481 e. The maximum Gasteiger partial charge on any atom is 0.305 e. The molecule has 1 aliphatic carbocycles. The molecule has 1 aliphatic heterocycles. The highest BCUT2D eigenvalue weighted by atomic mass is 35.5. The van der Waals surface area contributed by atoms with E-state index in [1.807, 2.05) is 17.0 Å². The fraction of sp³-hybridized carbons (Fsp3) is 0.556. The van der Waals surface area contributed by atoms with Crippen LogP contribution in [0.15, 0.2) is 47.5 Å². The topological polar surface area (TPSA) is 99.1 Å². The van der Waals surface area contributed by atoms with Gasteiger partial charge in [0, 0.05) is 27.2 Å². The largest absolute Gasteiger partial charge is 0.481 e. The molecule has 0 radical (unpaired) electrons. The number of amides is 2.